The smallest absolute Gasteiger partial charge is 0.162 e. The van der Waals surface area contributed by atoms with Crippen molar-refractivity contribution in [2.24, 2.45) is 0 Å². The fraction of sp³-hybridized carbons (Fsp3) is 0.231. The van der Waals surface area contributed by atoms with Crippen molar-refractivity contribution in [3.63, 3.8) is 0 Å². The summed E-state index contributed by atoms with van der Waals surface area (Å²) in [5.41, 5.74) is 2.71. The SMILES string of the molecule is Cc1c(Cl)nc(-c2ccc(N(C)C)cc2)nc1Cl. The molecule has 94 valence electrons. The zero-order valence-electron chi connectivity index (χ0n) is 10.4. The van der Waals surface area contributed by atoms with Gasteiger partial charge >= 0.3 is 0 Å². The van der Waals surface area contributed by atoms with Crippen LogP contribution in [0.3, 0.4) is 0 Å². The van der Waals surface area contributed by atoms with Crippen LogP contribution in [0.4, 0.5) is 5.69 Å². The first kappa shape index (κ1) is 13.1. The van der Waals surface area contributed by atoms with Crippen LogP contribution < -0.4 is 4.90 Å². The number of hydrogen-bond acceptors (Lipinski definition) is 3. The minimum atomic E-state index is 0.390. The number of anilines is 1. The summed E-state index contributed by atoms with van der Waals surface area (Å²) in [6.45, 7) is 1.80. The van der Waals surface area contributed by atoms with Gasteiger partial charge in [-0.1, -0.05) is 23.2 Å². The molecule has 0 saturated carbocycles. The monoisotopic (exact) mass is 281 g/mol. The van der Waals surface area contributed by atoms with Crippen molar-refractivity contribution < 1.29 is 0 Å². The number of rotatable bonds is 2. The van der Waals surface area contributed by atoms with Gasteiger partial charge in [0.25, 0.3) is 0 Å². The van der Waals surface area contributed by atoms with E-state index in [1.54, 1.807) is 6.92 Å². The summed E-state index contributed by atoms with van der Waals surface area (Å²) in [5, 5.41) is 0.781. The molecule has 18 heavy (non-hydrogen) atoms. The highest BCUT2D eigenvalue weighted by atomic mass is 35.5. The van der Waals surface area contributed by atoms with Crippen LogP contribution in [0.15, 0.2) is 24.3 Å². The van der Waals surface area contributed by atoms with Gasteiger partial charge in [-0.25, -0.2) is 9.97 Å². The van der Waals surface area contributed by atoms with Gasteiger partial charge < -0.3 is 4.90 Å². The predicted molar refractivity (Wildman–Crippen MR) is 76.6 cm³/mol. The van der Waals surface area contributed by atoms with Gasteiger partial charge in [-0.3, -0.25) is 0 Å². The van der Waals surface area contributed by atoms with Crippen molar-refractivity contribution in [2.75, 3.05) is 19.0 Å². The van der Waals surface area contributed by atoms with E-state index in [9.17, 15) is 0 Å². The van der Waals surface area contributed by atoms with Gasteiger partial charge in [0.15, 0.2) is 5.82 Å². The molecule has 0 bridgehead atoms. The predicted octanol–water partition coefficient (Wildman–Crippen LogP) is 3.82. The van der Waals surface area contributed by atoms with Gasteiger partial charge in [0.2, 0.25) is 0 Å². The number of nitrogens with zero attached hydrogens (tertiary/aromatic N) is 3. The van der Waals surface area contributed by atoms with Crippen LogP contribution in [0.25, 0.3) is 11.4 Å². The Morgan fingerprint density at radius 3 is 1.89 bits per heavy atom. The van der Waals surface area contributed by atoms with E-state index < -0.39 is 0 Å². The molecule has 0 atom stereocenters. The lowest BCUT2D eigenvalue weighted by atomic mass is 10.2. The zero-order chi connectivity index (χ0) is 13.3. The first-order valence-electron chi connectivity index (χ1n) is 5.46. The highest BCUT2D eigenvalue weighted by Gasteiger charge is 2.09. The number of aromatic nitrogens is 2. The average Bonchev–Trinajstić information content (AvgIpc) is 2.35. The molecule has 2 rings (SSSR count). The topological polar surface area (TPSA) is 29.0 Å². The molecule has 2 aromatic rings. The lowest BCUT2D eigenvalue weighted by molar-refractivity contribution is 1.12. The molecule has 0 aliphatic carbocycles. The maximum absolute atomic E-state index is 6.01. The van der Waals surface area contributed by atoms with Crippen LogP contribution in [-0.4, -0.2) is 24.1 Å². The summed E-state index contributed by atoms with van der Waals surface area (Å²) in [5.74, 6) is 0.543. The largest absolute Gasteiger partial charge is 0.378 e. The van der Waals surface area contributed by atoms with E-state index in [0.717, 1.165) is 11.3 Å². The second kappa shape index (κ2) is 5.12. The van der Waals surface area contributed by atoms with Gasteiger partial charge in [0, 0.05) is 30.9 Å². The van der Waals surface area contributed by atoms with Gasteiger partial charge in [0.1, 0.15) is 10.3 Å². The maximum Gasteiger partial charge on any atom is 0.162 e. The zero-order valence-corrected chi connectivity index (χ0v) is 11.9. The highest BCUT2D eigenvalue weighted by Crippen LogP contribution is 2.25. The van der Waals surface area contributed by atoms with Gasteiger partial charge in [0.05, 0.1) is 0 Å². The van der Waals surface area contributed by atoms with Crippen molar-refractivity contribution >= 4 is 28.9 Å². The molecule has 0 saturated heterocycles. The minimum Gasteiger partial charge on any atom is -0.378 e. The molecular weight excluding hydrogens is 269 g/mol. The van der Waals surface area contributed by atoms with Gasteiger partial charge in [-0.15, -0.1) is 0 Å². The Balaban J connectivity index is 2.43. The van der Waals surface area contributed by atoms with Crippen LogP contribution >= 0.6 is 23.2 Å². The molecule has 0 radical (unpaired) electrons. The third kappa shape index (κ3) is 2.57. The second-order valence-electron chi connectivity index (χ2n) is 4.20. The average molecular weight is 282 g/mol. The Kier molecular flexibility index (Phi) is 3.73. The van der Waals surface area contributed by atoms with Crippen LogP contribution in [0.5, 0.6) is 0 Å². The summed E-state index contributed by atoms with van der Waals surface area (Å²) in [6, 6.07) is 7.90. The van der Waals surface area contributed by atoms with Gasteiger partial charge in [-0.2, -0.15) is 0 Å². The Hall–Kier alpha value is -1.32. The number of benzene rings is 1. The maximum atomic E-state index is 6.01. The first-order valence-corrected chi connectivity index (χ1v) is 6.22. The van der Waals surface area contributed by atoms with Crippen LogP contribution in [0, 0.1) is 6.92 Å². The summed E-state index contributed by atoms with van der Waals surface area (Å²) in [6.07, 6.45) is 0. The summed E-state index contributed by atoms with van der Waals surface area (Å²) < 4.78 is 0. The summed E-state index contributed by atoms with van der Waals surface area (Å²) in [4.78, 5) is 10.5. The standard InChI is InChI=1S/C13H13Cl2N3/c1-8-11(14)16-13(17-12(8)15)9-4-6-10(7-5-9)18(2)3/h4-7H,1-3H3. The molecule has 0 N–H and O–H groups in total. The Bertz CT molecular complexity index is 542. The Morgan fingerprint density at radius 2 is 1.44 bits per heavy atom. The lowest BCUT2D eigenvalue weighted by Crippen LogP contribution is -2.08. The van der Waals surface area contributed by atoms with E-state index >= 15 is 0 Å². The normalized spacial score (nSPS) is 10.5. The van der Waals surface area contributed by atoms with Crippen LogP contribution in [0.1, 0.15) is 5.56 Å². The molecule has 1 aromatic carbocycles. The van der Waals surface area contributed by atoms with Crippen LogP contribution in [-0.2, 0) is 0 Å². The van der Waals surface area contributed by atoms with E-state index in [4.69, 9.17) is 23.2 Å². The molecule has 0 fully saturated rings. The van der Waals surface area contributed by atoms with Crippen molar-refractivity contribution in [1.29, 1.82) is 0 Å². The molecule has 1 aromatic heterocycles. The minimum absolute atomic E-state index is 0.390. The van der Waals surface area contributed by atoms with E-state index in [-0.39, 0.29) is 0 Å². The fourth-order valence-electron chi connectivity index (χ4n) is 1.50. The number of hydrogen-bond donors (Lipinski definition) is 0. The summed E-state index contributed by atoms with van der Waals surface area (Å²) in [7, 11) is 3.98. The molecule has 0 amide bonds. The summed E-state index contributed by atoms with van der Waals surface area (Å²) >= 11 is 12.0. The third-order valence-electron chi connectivity index (χ3n) is 2.67. The fourth-order valence-corrected chi connectivity index (χ4v) is 1.89. The molecule has 5 heteroatoms. The van der Waals surface area contributed by atoms with Gasteiger partial charge in [-0.05, 0) is 31.2 Å². The third-order valence-corrected chi connectivity index (χ3v) is 3.40. The van der Waals surface area contributed by atoms with E-state index in [1.807, 2.05) is 43.3 Å². The van der Waals surface area contributed by atoms with Crippen molar-refractivity contribution in [1.82, 2.24) is 9.97 Å². The second-order valence-corrected chi connectivity index (χ2v) is 4.91. The van der Waals surface area contributed by atoms with Crippen molar-refractivity contribution in [3.05, 3.63) is 40.1 Å². The quantitative estimate of drug-likeness (QED) is 0.784. The van der Waals surface area contributed by atoms with Crippen molar-refractivity contribution in [3.8, 4) is 11.4 Å². The molecule has 0 aliphatic heterocycles. The molecule has 0 spiro atoms. The van der Waals surface area contributed by atoms with Crippen LogP contribution in [0.2, 0.25) is 10.3 Å². The Labute approximate surface area is 116 Å². The highest BCUT2D eigenvalue weighted by molar-refractivity contribution is 6.34. The van der Waals surface area contributed by atoms with E-state index in [1.165, 1.54) is 0 Å². The van der Waals surface area contributed by atoms with E-state index in [0.29, 0.717) is 21.7 Å². The van der Waals surface area contributed by atoms with E-state index in [2.05, 4.69) is 9.97 Å². The van der Waals surface area contributed by atoms with Crippen molar-refractivity contribution in [2.45, 2.75) is 6.92 Å². The lowest BCUT2D eigenvalue weighted by Gasteiger charge is -2.12. The molecular formula is C13H13Cl2N3. The molecule has 1 heterocycles. The number of halogens is 2. The molecule has 0 aliphatic rings. The first-order chi connectivity index (χ1) is 8.49. The molecule has 3 nitrogen and oxygen atoms in total. The Morgan fingerprint density at radius 1 is 0.944 bits per heavy atom. The molecule has 0 unspecified atom stereocenters.